The molecule has 0 radical (unpaired) electrons. The molecule has 1 aromatic carbocycles. The second-order valence-electron chi connectivity index (χ2n) is 4.37. The van der Waals surface area contributed by atoms with Gasteiger partial charge in [0, 0.05) is 24.4 Å². The van der Waals surface area contributed by atoms with Gasteiger partial charge in [-0.2, -0.15) is 5.10 Å². The van der Waals surface area contributed by atoms with Crippen LogP contribution in [-0.2, 0) is 6.54 Å². The van der Waals surface area contributed by atoms with Crippen LogP contribution in [0.25, 0.3) is 0 Å². The number of hydrogen-bond donors (Lipinski definition) is 2. The predicted molar refractivity (Wildman–Crippen MR) is 82.2 cm³/mol. The standard InChI is InChI=1S/C14H17FN4S/c1-2-8-16-14(20)17-13-7-9-19(18-13)10-11-5-3-4-6-12(11)15/h3-7,9H,2,8,10H2,1H3,(H2,16,17,18,20). The molecular formula is C14H17FN4S. The van der Waals surface area contributed by atoms with Crippen LogP contribution in [0.5, 0.6) is 0 Å². The van der Waals surface area contributed by atoms with E-state index in [-0.39, 0.29) is 5.82 Å². The molecule has 0 aliphatic carbocycles. The summed E-state index contributed by atoms with van der Waals surface area (Å²) in [5, 5.41) is 10.9. The Morgan fingerprint density at radius 1 is 1.35 bits per heavy atom. The fraction of sp³-hybridized carbons (Fsp3) is 0.286. The number of anilines is 1. The lowest BCUT2D eigenvalue weighted by molar-refractivity contribution is 0.586. The zero-order valence-corrected chi connectivity index (χ0v) is 12.1. The minimum absolute atomic E-state index is 0.224. The molecule has 2 aromatic rings. The van der Waals surface area contributed by atoms with Gasteiger partial charge in [0.15, 0.2) is 10.9 Å². The number of hydrogen-bond acceptors (Lipinski definition) is 2. The van der Waals surface area contributed by atoms with E-state index in [1.54, 1.807) is 29.1 Å². The minimum Gasteiger partial charge on any atom is -0.362 e. The van der Waals surface area contributed by atoms with Gasteiger partial charge in [0.1, 0.15) is 5.82 Å². The van der Waals surface area contributed by atoms with Crippen LogP contribution in [0.15, 0.2) is 36.5 Å². The van der Waals surface area contributed by atoms with Crippen molar-refractivity contribution >= 4 is 23.1 Å². The summed E-state index contributed by atoms with van der Waals surface area (Å²) in [4.78, 5) is 0. The number of thiocarbonyl (C=S) groups is 1. The van der Waals surface area contributed by atoms with Crippen molar-refractivity contribution in [2.75, 3.05) is 11.9 Å². The number of halogens is 1. The molecule has 1 aromatic heterocycles. The largest absolute Gasteiger partial charge is 0.362 e. The number of rotatable bonds is 5. The van der Waals surface area contributed by atoms with Crippen molar-refractivity contribution < 1.29 is 4.39 Å². The van der Waals surface area contributed by atoms with Crippen molar-refractivity contribution in [2.45, 2.75) is 19.9 Å². The molecule has 1 heterocycles. The molecule has 0 fully saturated rings. The molecule has 0 spiro atoms. The number of nitrogens with one attached hydrogen (secondary N) is 2. The van der Waals surface area contributed by atoms with E-state index in [1.165, 1.54) is 6.07 Å². The van der Waals surface area contributed by atoms with Crippen LogP contribution in [-0.4, -0.2) is 21.4 Å². The highest BCUT2D eigenvalue weighted by molar-refractivity contribution is 7.80. The first-order valence-corrected chi connectivity index (χ1v) is 6.91. The van der Waals surface area contributed by atoms with E-state index in [0.717, 1.165) is 13.0 Å². The monoisotopic (exact) mass is 292 g/mol. The first kappa shape index (κ1) is 14.5. The molecule has 4 nitrogen and oxygen atoms in total. The van der Waals surface area contributed by atoms with Gasteiger partial charge in [0.25, 0.3) is 0 Å². The lowest BCUT2D eigenvalue weighted by Crippen LogP contribution is -2.29. The molecule has 0 saturated carbocycles. The molecule has 6 heteroatoms. The second-order valence-corrected chi connectivity index (χ2v) is 4.78. The van der Waals surface area contributed by atoms with E-state index in [0.29, 0.717) is 23.0 Å². The van der Waals surface area contributed by atoms with E-state index in [2.05, 4.69) is 22.7 Å². The zero-order chi connectivity index (χ0) is 14.4. The maximum Gasteiger partial charge on any atom is 0.171 e. The van der Waals surface area contributed by atoms with Crippen molar-refractivity contribution in [3.63, 3.8) is 0 Å². The Morgan fingerprint density at radius 3 is 2.90 bits per heavy atom. The summed E-state index contributed by atoms with van der Waals surface area (Å²) in [6, 6.07) is 8.48. The number of nitrogens with zero attached hydrogens (tertiary/aromatic N) is 2. The van der Waals surface area contributed by atoms with Gasteiger partial charge in [-0.25, -0.2) is 4.39 Å². The normalized spacial score (nSPS) is 10.3. The molecular weight excluding hydrogens is 275 g/mol. The maximum atomic E-state index is 13.5. The molecule has 0 aliphatic rings. The lowest BCUT2D eigenvalue weighted by atomic mass is 10.2. The highest BCUT2D eigenvalue weighted by atomic mass is 32.1. The first-order chi connectivity index (χ1) is 9.69. The third kappa shape index (κ3) is 4.03. The van der Waals surface area contributed by atoms with Crippen LogP contribution in [0.3, 0.4) is 0 Å². The quantitative estimate of drug-likeness (QED) is 0.832. The van der Waals surface area contributed by atoms with Crippen molar-refractivity contribution in [2.24, 2.45) is 0 Å². The van der Waals surface area contributed by atoms with Crippen LogP contribution >= 0.6 is 12.2 Å². The molecule has 0 saturated heterocycles. The number of benzene rings is 1. The van der Waals surface area contributed by atoms with Crippen molar-refractivity contribution in [3.05, 3.63) is 47.9 Å². The van der Waals surface area contributed by atoms with Gasteiger partial charge >= 0.3 is 0 Å². The summed E-state index contributed by atoms with van der Waals surface area (Å²) in [6.45, 7) is 3.28. The summed E-state index contributed by atoms with van der Waals surface area (Å²) in [5.41, 5.74) is 0.605. The summed E-state index contributed by atoms with van der Waals surface area (Å²) in [5.74, 6) is 0.424. The SMILES string of the molecule is CCCNC(=S)Nc1ccn(Cc2ccccc2F)n1. The molecule has 20 heavy (non-hydrogen) atoms. The summed E-state index contributed by atoms with van der Waals surface area (Å²) >= 11 is 5.13. The number of aromatic nitrogens is 2. The van der Waals surface area contributed by atoms with E-state index in [4.69, 9.17) is 12.2 Å². The van der Waals surface area contributed by atoms with Gasteiger partial charge in [-0.1, -0.05) is 25.1 Å². The van der Waals surface area contributed by atoms with Crippen LogP contribution in [0, 0.1) is 5.82 Å². The average molecular weight is 292 g/mol. The fourth-order valence-electron chi connectivity index (χ4n) is 1.72. The Hall–Kier alpha value is -1.95. The fourth-order valence-corrected chi connectivity index (χ4v) is 1.92. The Labute approximate surface area is 123 Å². The smallest absolute Gasteiger partial charge is 0.171 e. The Bertz CT molecular complexity index is 582. The van der Waals surface area contributed by atoms with E-state index >= 15 is 0 Å². The third-order valence-corrected chi connectivity index (χ3v) is 2.95. The minimum atomic E-state index is -0.224. The first-order valence-electron chi connectivity index (χ1n) is 6.50. The van der Waals surface area contributed by atoms with Gasteiger partial charge in [-0.3, -0.25) is 4.68 Å². The van der Waals surface area contributed by atoms with Crippen LogP contribution in [0.2, 0.25) is 0 Å². The second kappa shape index (κ2) is 7.00. The topological polar surface area (TPSA) is 41.9 Å². The summed E-state index contributed by atoms with van der Waals surface area (Å²) < 4.78 is 15.2. The molecule has 0 bridgehead atoms. The lowest BCUT2D eigenvalue weighted by Gasteiger charge is -2.07. The van der Waals surface area contributed by atoms with Gasteiger partial charge in [0.2, 0.25) is 0 Å². The van der Waals surface area contributed by atoms with Gasteiger partial charge in [-0.05, 0) is 24.7 Å². The maximum absolute atomic E-state index is 13.5. The van der Waals surface area contributed by atoms with Gasteiger partial charge in [0.05, 0.1) is 6.54 Å². The Balaban J connectivity index is 1.96. The zero-order valence-electron chi connectivity index (χ0n) is 11.3. The van der Waals surface area contributed by atoms with Crippen molar-refractivity contribution in [1.29, 1.82) is 0 Å². The predicted octanol–water partition coefficient (Wildman–Crippen LogP) is 2.77. The average Bonchev–Trinajstić information content (AvgIpc) is 2.86. The Kier molecular flexibility index (Phi) is 5.06. The van der Waals surface area contributed by atoms with Crippen molar-refractivity contribution in [1.82, 2.24) is 15.1 Å². The van der Waals surface area contributed by atoms with E-state index in [9.17, 15) is 4.39 Å². The summed E-state index contributed by atoms with van der Waals surface area (Å²) in [6.07, 6.45) is 2.79. The van der Waals surface area contributed by atoms with Crippen LogP contribution in [0.4, 0.5) is 10.2 Å². The molecule has 2 N–H and O–H groups in total. The van der Waals surface area contributed by atoms with Crippen LogP contribution < -0.4 is 10.6 Å². The van der Waals surface area contributed by atoms with Crippen molar-refractivity contribution in [3.8, 4) is 0 Å². The Morgan fingerprint density at radius 2 is 2.15 bits per heavy atom. The molecule has 0 amide bonds. The van der Waals surface area contributed by atoms with E-state index in [1.807, 2.05) is 6.07 Å². The molecule has 2 rings (SSSR count). The molecule has 0 aliphatic heterocycles. The highest BCUT2D eigenvalue weighted by Gasteiger charge is 2.04. The summed E-state index contributed by atoms with van der Waals surface area (Å²) in [7, 11) is 0. The van der Waals surface area contributed by atoms with Crippen LogP contribution in [0.1, 0.15) is 18.9 Å². The molecule has 0 unspecified atom stereocenters. The third-order valence-electron chi connectivity index (χ3n) is 2.71. The highest BCUT2D eigenvalue weighted by Crippen LogP contribution is 2.10. The molecule has 106 valence electrons. The molecule has 0 atom stereocenters. The van der Waals surface area contributed by atoms with Gasteiger partial charge < -0.3 is 10.6 Å². The van der Waals surface area contributed by atoms with Gasteiger partial charge in [-0.15, -0.1) is 0 Å². The van der Waals surface area contributed by atoms with E-state index < -0.39 is 0 Å².